The fourth-order valence-electron chi connectivity index (χ4n) is 10.9. The van der Waals surface area contributed by atoms with E-state index in [1.165, 1.54) is 51.6 Å². The number of guanidine groups is 1. The van der Waals surface area contributed by atoms with Crippen LogP contribution in [0.25, 0.3) is 0 Å². The van der Waals surface area contributed by atoms with E-state index in [0.29, 0.717) is 38.5 Å². The molecule has 0 saturated carbocycles. The third-order valence-corrected chi connectivity index (χ3v) is 16.6. The van der Waals surface area contributed by atoms with Crippen molar-refractivity contribution in [3.63, 3.8) is 0 Å². The molecule has 28 heteroatoms. The number of unbranched alkanes of at least 4 members (excludes halogenated alkanes) is 9. The van der Waals surface area contributed by atoms with Gasteiger partial charge < -0.3 is 86.1 Å². The molecule has 0 unspecified atom stereocenters. The molecule has 19 N–H and O–H groups in total. The van der Waals surface area contributed by atoms with E-state index in [1.54, 1.807) is 13.8 Å². The normalized spacial score (nSPS) is 14.9. The van der Waals surface area contributed by atoms with Gasteiger partial charge in [0.15, 0.2) is 5.96 Å². The molecule has 548 valence electrons. The maximum Gasteiger partial charge on any atom is 0.245 e. The molecule has 95 heavy (non-hydrogen) atoms. The molecule has 11 amide bonds. The van der Waals surface area contributed by atoms with Gasteiger partial charge in [0, 0.05) is 27.1 Å². The van der Waals surface area contributed by atoms with Crippen LogP contribution in [0.2, 0.25) is 0 Å². The highest BCUT2D eigenvalue weighted by molar-refractivity contribution is 5.99. The van der Waals surface area contributed by atoms with Crippen molar-refractivity contribution in [1.82, 2.24) is 52.3 Å². The van der Waals surface area contributed by atoms with Crippen molar-refractivity contribution >= 4 is 70.9 Å². The Kier molecular flexibility index (Phi) is 45.5. The van der Waals surface area contributed by atoms with E-state index in [1.807, 2.05) is 55.4 Å². The van der Waals surface area contributed by atoms with E-state index in [4.69, 9.17) is 28.7 Å². The SMILES string of the molecule is CCCCCCCCCCC(=O)NCC(=O)N[C@@H](CC(C)C)C(=O)N[C@@H](CC(C)C)C(=O)N(C)[C@@H](CCCCN)C(=O)N[C@@H](CCCN=C(N)N)C(=O)N[C@H](C(=O)N(C)[C@@H](CCCCN)C(=O)N[C@H](C(=O)N[C@@H](CC(C)C)C(=O)N[C@@H](CC(C)C)C(N)=O)[C@@H](C)O)[C@@H](C)CC. The number of rotatable bonds is 52. The van der Waals surface area contributed by atoms with Gasteiger partial charge in [-0.2, -0.15) is 0 Å². The summed E-state index contributed by atoms with van der Waals surface area (Å²) in [6.07, 6.45) is 10.2. The smallest absolute Gasteiger partial charge is 0.245 e. The number of carbonyl (C=O) groups is 11. The Balaban J connectivity index is 7.11. The summed E-state index contributed by atoms with van der Waals surface area (Å²) >= 11 is 0. The predicted octanol–water partition coefficient (Wildman–Crippen LogP) is 2.09. The van der Waals surface area contributed by atoms with Crippen LogP contribution < -0.4 is 71.2 Å². The third-order valence-electron chi connectivity index (χ3n) is 16.6. The van der Waals surface area contributed by atoms with Gasteiger partial charge in [0.05, 0.1) is 12.6 Å². The van der Waals surface area contributed by atoms with E-state index < -0.39 is 125 Å². The van der Waals surface area contributed by atoms with Crippen LogP contribution in [-0.4, -0.2) is 187 Å². The van der Waals surface area contributed by atoms with Crippen LogP contribution in [-0.2, 0) is 52.7 Å². The van der Waals surface area contributed by atoms with Gasteiger partial charge >= 0.3 is 0 Å². The Morgan fingerprint density at radius 1 is 0.432 bits per heavy atom. The van der Waals surface area contributed by atoms with Gasteiger partial charge in [0.2, 0.25) is 65.0 Å². The zero-order valence-corrected chi connectivity index (χ0v) is 60.2. The van der Waals surface area contributed by atoms with Gasteiger partial charge in [-0.3, -0.25) is 57.7 Å². The third kappa shape index (κ3) is 36.9. The number of nitrogens with two attached hydrogens (primary N) is 5. The molecule has 0 fully saturated rings. The lowest BCUT2D eigenvalue weighted by atomic mass is 9.95. The molecule has 0 aliphatic carbocycles. The van der Waals surface area contributed by atoms with Gasteiger partial charge in [-0.15, -0.1) is 0 Å². The summed E-state index contributed by atoms with van der Waals surface area (Å²) in [7, 11) is 2.79. The van der Waals surface area contributed by atoms with Crippen LogP contribution in [0.3, 0.4) is 0 Å². The van der Waals surface area contributed by atoms with Crippen LogP contribution >= 0.6 is 0 Å². The Labute approximate surface area is 567 Å². The Hall–Kier alpha value is -6.68. The van der Waals surface area contributed by atoms with Crippen molar-refractivity contribution < 1.29 is 57.8 Å². The van der Waals surface area contributed by atoms with Crippen LogP contribution in [0.4, 0.5) is 0 Å². The summed E-state index contributed by atoms with van der Waals surface area (Å²) in [6.45, 7) is 22.0. The first-order chi connectivity index (χ1) is 44.7. The summed E-state index contributed by atoms with van der Waals surface area (Å²) < 4.78 is 0. The quantitative estimate of drug-likeness (QED) is 0.0236. The molecule has 0 saturated heterocycles. The van der Waals surface area contributed by atoms with Crippen molar-refractivity contribution in [3.05, 3.63) is 0 Å². The topological polar surface area (TPSA) is 453 Å². The first-order valence-corrected chi connectivity index (χ1v) is 35.0. The molecular formula is C67H128N16O12. The zero-order valence-electron chi connectivity index (χ0n) is 60.2. The zero-order chi connectivity index (χ0) is 72.5. The molecule has 11 atom stereocenters. The van der Waals surface area contributed by atoms with Gasteiger partial charge in [0.1, 0.15) is 54.4 Å². The second-order valence-corrected chi connectivity index (χ2v) is 27.3. The summed E-state index contributed by atoms with van der Waals surface area (Å²) in [4.78, 5) is 161. The van der Waals surface area contributed by atoms with Crippen LogP contribution in [0.15, 0.2) is 4.99 Å². The number of hydrogen-bond donors (Lipinski definition) is 14. The standard InChI is InChI=1S/C67H128N16O12/c1-15-17-18-19-20-21-22-23-32-54(85)74-40-55(86)75-49(37-42(5)6)60(89)79-51(39-44(9)10)65(94)82(13)52(30-24-26-33-68)62(91)76-47(29-28-35-73-67(71)72)59(88)80-56(45(11)16-2)66(95)83(14)53(31-25-27-34-69)63(92)81-57(46(12)84)64(93)78-50(38-43(7)8)61(90)77-48(58(70)87)36-41(3)4/h41-53,56-57,84H,15-40,68-69H2,1-14H3,(H2,70,87)(H,74,85)(H,75,86)(H,76,91)(H,77,90)(H,78,93)(H,79,89)(H,80,88)(H,81,92)(H4,71,72,73)/t45-,46+,47-,48-,49-,50-,51-,52-,53-,56-,57-/m0/s1. The Bertz CT molecular complexity index is 2370. The highest BCUT2D eigenvalue weighted by Crippen LogP contribution is 2.20. The van der Waals surface area contributed by atoms with E-state index in [0.717, 1.165) is 24.2 Å². The number of primary amides is 1. The number of aliphatic hydroxyl groups excluding tert-OH is 1. The van der Waals surface area contributed by atoms with E-state index >= 15 is 0 Å². The minimum Gasteiger partial charge on any atom is -0.391 e. The van der Waals surface area contributed by atoms with Crippen LogP contribution in [0.5, 0.6) is 0 Å². The fraction of sp³-hybridized carbons (Fsp3) is 0.821. The second kappa shape index (κ2) is 48.9. The lowest BCUT2D eigenvalue weighted by Crippen LogP contribution is -2.62. The van der Waals surface area contributed by atoms with Crippen LogP contribution in [0.1, 0.15) is 224 Å². The predicted molar refractivity (Wildman–Crippen MR) is 371 cm³/mol. The first-order valence-electron chi connectivity index (χ1n) is 35.0. The summed E-state index contributed by atoms with van der Waals surface area (Å²) in [6, 6.07) is -11.3. The molecule has 28 nitrogen and oxygen atoms in total. The van der Waals surface area contributed by atoms with Gasteiger partial charge in [-0.05, 0) is 133 Å². The minimum atomic E-state index is -1.64. The van der Waals surface area contributed by atoms with Crippen LogP contribution in [0, 0.1) is 29.6 Å². The highest BCUT2D eigenvalue weighted by atomic mass is 16.3. The molecule has 0 aliphatic rings. The molecule has 0 aromatic heterocycles. The molecule has 0 heterocycles. The minimum absolute atomic E-state index is 0.0113. The van der Waals surface area contributed by atoms with Gasteiger partial charge in [-0.1, -0.05) is 128 Å². The maximum absolute atomic E-state index is 15.0. The fourth-order valence-corrected chi connectivity index (χ4v) is 10.9. The van der Waals surface area contributed by atoms with Crippen molar-refractivity contribution in [2.45, 2.75) is 285 Å². The van der Waals surface area contributed by atoms with E-state index in [9.17, 15) is 57.8 Å². The van der Waals surface area contributed by atoms with E-state index in [2.05, 4.69) is 54.5 Å². The number of likely N-dealkylation sites (N-methyl/N-ethyl adjacent to an activating group) is 2. The lowest BCUT2D eigenvalue weighted by Gasteiger charge is -2.35. The van der Waals surface area contributed by atoms with Crippen molar-refractivity contribution in [1.29, 1.82) is 0 Å². The Morgan fingerprint density at radius 2 is 0.853 bits per heavy atom. The largest absolute Gasteiger partial charge is 0.391 e. The summed E-state index contributed by atoms with van der Waals surface area (Å²) in [5, 5.41) is 32.8. The highest BCUT2D eigenvalue weighted by Gasteiger charge is 2.40. The number of nitrogens with zero attached hydrogens (tertiary/aromatic N) is 3. The van der Waals surface area contributed by atoms with Crippen molar-refractivity contribution in [3.8, 4) is 0 Å². The van der Waals surface area contributed by atoms with Crippen molar-refractivity contribution in [2.75, 3.05) is 40.3 Å². The molecule has 0 radical (unpaired) electrons. The Morgan fingerprint density at radius 3 is 1.33 bits per heavy atom. The summed E-state index contributed by atoms with van der Waals surface area (Å²) in [5.74, 6) is -8.72. The lowest BCUT2D eigenvalue weighted by molar-refractivity contribution is -0.145. The molecule has 0 aliphatic heterocycles. The number of nitrogens with one attached hydrogen (secondary N) is 8. The second-order valence-electron chi connectivity index (χ2n) is 27.3. The van der Waals surface area contributed by atoms with Gasteiger partial charge in [-0.25, -0.2) is 0 Å². The molecule has 0 aromatic carbocycles. The monoisotopic (exact) mass is 1350 g/mol. The average Bonchev–Trinajstić information content (AvgIpc) is 0.869. The first kappa shape index (κ1) is 88.3. The summed E-state index contributed by atoms with van der Waals surface area (Å²) in [5.41, 5.74) is 28.7. The van der Waals surface area contributed by atoms with Gasteiger partial charge in [0.25, 0.3) is 0 Å². The maximum atomic E-state index is 15.0. The molecule has 0 spiro atoms. The number of aliphatic imine (C=N–C) groups is 1. The molecule has 0 rings (SSSR count). The molecule has 0 aromatic rings. The van der Waals surface area contributed by atoms with Crippen molar-refractivity contribution in [2.24, 2.45) is 63.3 Å². The average molecular weight is 1350 g/mol. The molecule has 0 bridgehead atoms. The molecular weight excluding hydrogens is 1220 g/mol. The number of carbonyl (C=O) groups excluding carboxylic acids is 11. The van der Waals surface area contributed by atoms with E-state index in [-0.39, 0.29) is 120 Å². The number of amides is 11. The number of aliphatic hydroxyl groups is 1. The number of hydrogen-bond acceptors (Lipinski definition) is 15.